The van der Waals surface area contributed by atoms with Crippen LogP contribution < -0.4 is 24.8 Å². The number of carbonyl (C=O) groups is 3. The Kier molecular flexibility index (Phi) is 10.2. The number of halogens is 2. The number of nitrogens with zero attached hydrogens (tertiary/aromatic N) is 1. The van der Waals surface area contributed by atoms with Gasteiger partial charge in [0, 0.05) is 35.1 Å². The maximum atomic E-state index is 15.2. The Hall–Kier alpha value is -4.49. The van der Waals surface area contributed by atoms with E-state index < -0.39 is 34.8 Å². The van der Waals surface area contributed by atoms with Gasteiger partial charge in [0.1, 0.15) is 17.0 Å². The van der Waals surface area contributed by atoms with Crippen molar-refractivity contribution in [1.82, 2.24) is 4.98 Å². The first kappa shape index (κ1) is 32.4. The zero-order valence-corrected chi connectivity index (χ0v) is 23.0. The van der Waals surface area contributed by atoms with Gasteiger partial charge in [-0.3, -0.25) is 19.4 Å². The predicted molar refractivity (Wildman–Crippen MR) is 161 cm³/mol. The molecule has 1 aromatic heterocycles. The number of amides is 2. The topological polar surface area (TPSA) is 136 Å². The number of hydrogen-bond donors (Lipinski definition) is 3. The number of benzene rings is 3. The normalized spacial score (nSPS) is 12.9. The molecule has 226 valence electrons. The molecule has 1 saturated carbocycles. The van der Waals surface area contributed by atoms with E-state index in [1.54, 1.807) is 25.1 Å². The van der Waals surface area contributed by atoms with Gasteiger partial charge in [0.25, 0.3) is 0 Å². The number of nitrogens with one attached hydrogen (secondary N) is 2. The molecule has 4 aromatic rings. The third-order valence-electron chi connectivity index (χ3n) is 6.77. The first-order valence-corrected chi connectivity index (χ1v) is 13.4. The highest BCUT2D eigenvalue weighted by atomic mass is 24.3. The molecule has 5 rings (SSSR count). The molecule has 0 radical (unpaired) electrons. The maximum Gasteiger partial charge on any atom is 0.316 e. The van der Waals surface area contributed by atoms with Gasteiger partial charge in [-0.25, -0.2) is 8.78 Å². The van der Waals surface area contributed by atoms with Crippen LogP contribution in [0.25, 0.3) is 10.9 Å². The van der Waals surface area contributed by atoms with Crippen LogP contribution in [0.4, 0.5) is 20.2 Å². The van der Waals surface area contributed by atoms with Crippen LogP contribution >= 0.6 is 0 Å². The lowest BCUT2D eigenvalue weighted by Gasteiger charge is -2.16. The van der Waals surface area contributed by atoms with Crippen molar-refractivity contribution >= 4 is 63.1 Å². The van der Waals surface area contributed by atoms with Crippen molar-refractivity contribution in [3.8, 4) is 23.0 Å². The van der Waals surface area contributed by atoms with E-state index in [0.29, 0.717) is 47.5 Å². The molecule has 0 bridgehead atoms. The van der Waals surface area contributed by atoms with Gasteiger partial charge in [-0.05, 0) is 68.3 Å². The summed E-state index contributed by atoms with van der Waals surface area (Å²) in [6.45, 7) is 2.03. The molecule has 0 unspecified atom stereocenters. The van der Waals surface area contributed by atoms with Crippen molar-refractivity contribution < 1.29 is 42.5 Å². The Morgan fingerprint density at radius 2 is 1.52 bits per heavy atom. The number of aliphatic carboxylic acids is 1. The molecule has 0 aliphatic heterocycles. The first-order chi connectivity index (χ1) is 20.7. The van der Waals surface area contributed by atoms with Gasteiger partial charge in [0.15, 0.2) is 23.1 Å². The number of aromatic nitrogens is 1. The second-order valence-electron chi connectivity index (χ2n) is 9.79. The van der Waals surface area contributed by atoms with Gasteiger partial charge in [-0.2, -0.15) is 0 Å². The highest BCUT2D eigenvalue weighted by Crippen LogP contribution is 2.47. The molecule has 0 atom stereocenters. The Bertz CT molecular complexity index is 1700. The van der Waals surface area contributed by atoms with E-state index in [9.17, 15) is 18.8 Å². The highest BCUT2D eigenvalue weighted by Gasteiger charge is 2.56. The highest BCUT2D eigenvalue weighted by molar-refractivity contribution is 6.16. The van der Waals surface area contributed by atoms with Crippen LogP contribution in [0.5, 0.6) is 23.0 Å². The molecule has 1 heterocycles. The number of carbonyl (C=O) groups excluding carboxylic acids is 2. The Morgan fingerprint density at radius 1 is 0.864 bits per heavy atom. The molecule has 10 nitrogen and oxygen atoms in total. The number of rotatable bonds is 12. The third kappa shape index (κ3) is 7.34. The van der Waals surface area contributed by atoms with Gasteiger partial charge in [0.2, 0.25) is 11.8 Å². The molecule has 1 fully saturated rings. The van der Waals surface area contributed by atoms with Crippen molar-refractivity contribution in [3.63, 3.8) is 0 Å². The first-order valence-electron chi connectivity index (χ1n) is 13.4. The van der Waals surface area contributed by atoms with Gasteiger partial charge in [0.05, 0.1) is 25.2 Å². The summed E-state index contributed by atoms with van der Waals surface area (Å²) < 4.78 is 45.4. The molecule has 1 aliphatic rings. The zero-order valence-electron chi connectivity index (χ0n) is 23.0. The smallest absolute Gasteiger partial charge is 0.316 e. The van der Waals surface area contributed by atoms with Crippen molar-refractivity contribution in [2.24, 2.45) is 5.41 Å². The summed E-state index contributed by atoms with van der Waals surface area (Å²) >= 11 is 0. The van der Waals surface area contributed by atoms with Crippen LogP contribution in [0.15, 0.2) is 66.9 Å². The number of pyridine rings is 1. The zero-order chi connectivity index (χ0) is 30.6. The Balaban J connectivity index is 0.00000442. The average molecular weight is 618 g/mol. The standard InChI is InChI=1S/C31H27F2N3O7.Mg.2H/c1-2-41-26-16-21-23(17-27(26)42-14-10-28(37)38)34-13-9-24(21)43-25-8-7-20(15-22(25)33)36-30(40)31(11-12-31)29(39)35-19-5-3-18(32)4-6-19;;;/h3-9,13,15-17H,2,10-12,14H2,1H3,(H,35,39)(H,36,40)(H,37,38);;;. The van der Waals surface area contributed by atoms with Crippen LogP contribution in [-0.2, 0) is 14.4 Å². The average Bonchev–Trinajstić information content (AvgIpc) is 3.79. The molecular weight excluding hydrogens is 589 g/mol. The van der Waals surface area contributed by atoms with Gasteiger partial charge >= 0.3 is 29.0 Å². The number of carboxylic acid groups (broad SMARTS) is 1. The summed E-state index contributed by atoms with van der Waals surface area (Å²) in [5.74, 6) is -2.52. The molecule has 1 aliphatic carbocycles. The largest absolute Gasteiger partial charge is 0.490 e. The van der Waals surface area contributed by atoms with E-state index in [1.165, 1.54) is 42.6 Å². The lowest BCUT2D eigenvalue weighted by molar-refractivity contribution is -0.137. The van der Waals surface area contributed by atoms with Crippen molar-refractivity contribution in [1.29, 1.82) is 0 Å². The van der Waals surface area contributed by atoms with Crippen LogP contribution in [0, 0.1) is 17.0 Å². The summed E-state index contributed by atoms with van der Waals surface area (Å²) in [5, 5.41) is 14.6. The lowest BCUT2D eigenvalue weighted by Crippen LogP contribution is -2.35. The van der Waals surface area contributed by atoms with Crippen LogP contribution in [-0.4, -0.2) is 64.1 Å². The maximum absolute atomic E-state index is 15.2. The molecule has 3 N–H and O–H groups in total. The van der Waals surface area contributed by atoms with Crippen LogP contribution in [0.1, 0.15) is 26.2 Å². The minimum Gasteiger partial charge on any atom is -0.490 e. The molecular formula is C31H29F2MgN3O7. The monoisotopic (exact) mass is 617 g/mol. The molecule has 0 spiro atoms. The summed E-state index contributed by atoms with van der Waals surface area (Å²) in [5.41, 5.74) is -0.358. The summed E-state index contributed by atoms with van der Waals surface area (Å²) in [4.78, 5) is 41.0. The van der Waals surface area contributed by atoms with E-state index in [2.05, 4.69) is 15.6 Å². The van der Waals surface area contributed by atoms with Gasteiger partial charge in [-0.15, -0.1) is 0 Å². The van der Waals surface area contributed by atoms with Crippen molar-refractivity contribution in [2.75, 3.05) is 23.8 Å². The van der Waals surface area contributed by atoms with Crippen LogP contribution in [0.3, 0.4) is 0 Å². The van der Waals surface area contributed by atoms with Crippen molar-refractivity contribution in [3.05, 3.63) is 78.5 Å². The summed E-state index contributed by atoms with van der Waals surface area (Å²) in [6.07, 6.45) is 1.92. The second-order valence-corrected chi connectivity index (χ2v) is 9.79. The Labute approximate surface area is 266 Å². The minimum atomic E-state index is -1.30. The summed E-state index contributed by atoms with van der Waals surface area (Å²) in [6, 6.07) is 13.8. The fourth-order valence-corrected chi connectivity index (χ4v) is 4.34. The SMILES string of the molecule is CCOc1cc2c(Oc3ccc(NC(=O)C4(C(=O)Nc5ccc(F)cc5)CC4)cc3F)ccnc2cc1OCCC(=O)O.[MgH2]. The Morgan fingerprint density at radius 3 is 2.16 bits per heavy atom. The van der Waals surface area contributed by atoms with E-state index in [4.69, 9.17) is 19.3 Å². The van der Waals surface area contributed by atoms with E-state index >= 15 is 4.39 Å². The van der Waals surface area contributed by atoms with Gasteiger partial charge in [-0.1, -0.05) is 0 Å². The fraction of sp³-hybridized carbons (Fsp3) is 0.226. The number of fused-ring (bicyclic) bond motifs is 1. The fourth-order valence-electron chi connectivity index (χ4n) is 4.34. The molecule has 44 heavy (non-hydrogen) atoms. The molecule has 13 heteroatoms. The minimum absolute atomic E-state index is 0. The van der Waals surface area contributed by atoms with E-state index in [-0.39, 0.29) is 53.3 Å². The van der Waals surface area contributed by atoms with Gasteiger partial charge < -0.3 is 30.0 Å². The van der Waals surface area contributed by atoms with Crippen molar-refractivity contribution in [2.45, 2.75) is 26.2 Å². The third-order valence-corrected chi connectivity index (χ3v) is 6.77. The number of ether oxygens (including phenoxy) is 3. The number of hydrogen-bond acceptors (Lipinski definition) is 7. The predicted octanol–water partition coefficient (Wildman–Crippen LogP) is 5.00. The molecule has 2 amide bonds. The molecule has 0 saturated heterocycles. The quantitative estimate of drug-likeness (QED) is 0.149. The lowest BCUT2D eigenvalue weighted by atomic mass is 10.0. The number of anilines is 2. The molecule has 3 aromatic carbocycles. The van der Waals surface area contributed by atoms with E-state index in [1.807, 2.05) is 0 Å². The second kappa shape index (κ2) is 13.9. The number of carboxylic acids is 1. The summed E-state index contributed by atoms with van der Waals surface area (Å²) in [7, 11) is 0. The van der Waals surface area contributed by atoms with E-state index in [0.717, 1.165) is 6.07 Å². The van der Waals surface area contributed by atoms with Crippen LogP contribution in [0.2, 0.25) is 0 Å².